The van der Waals surface area contributed by atoms with E-state index in [-0.39, 0.29) is 11.9 Å². The SMILES string of the molecule is CNC1CCCN(C(=O)[C@@H](N)CC(C)C)C1. The summed E-state index contributed by atoms with van der Waals surface area (Å²) < 4.78 is 0. The number of likely N-dealkylation sites (N-methyl/N-ethyl adjacent to an activating group) is 1. The number of hydrogen-bond donors (Lipinski definition) is 2. The van der Waals surface area contributed by atoms with Crippen LogP contribution in [0.2, 0.25) is 0 Å². The van der Waals surface area contributed by atoms with Crippen LogP contribution >= 0.6 is 0 Å². The Kier molecular flexibility index (Phi) is 5.22. The van der Waals surface area contributed by atoms with Crippen LogP contribution in [0, 0.1) is 5.92 Å². The van der Waals surface area contributed by atoms with Crippen LogP contribution in [0.4, 0.5) is 0 Å². The monoisotopic (exact) mass is 227 g/mol. The third-order valence-corrected chi connectivity index (χ3v) is 3.18. The molecule has 0 saturated carbocycles. The van der Waals surface area contributed by atoms with Crippen molar-refractivity contribution in [3.8, 4) is 0 Å². The van der Waals surface area contributed by atoms with Gasteiger partial charge in [-0.15, -0.1) is 0 Å². The van der Waals surface area contributed by atoms with Crippen molar-refractivity contribution in [1.82, 2.24) is 10.2 Å². The van der Waals surface area contributed by atoms with Gasteiger partial charge in [0.25, 0.3) is 0 Å². The van der Waals surface area contributed by atoms with Gasteiger partial charge in [-0.25, -0.2) is 0 Å². The van der Waals surface area contributed by atoms with E-state index in [4.69, 9.17) is 5.73 Å². The van der Waals surface area contributed by atoms with Gasteiger partial charge in [-0.2, -0.15) is 0 Å². The van der Waals surface area contributed by atoms with Gasteiger partial charge in [0.05, 0.1) is 6.04 Å². The minimum Gasteiger partial charge on any atom is -0.340 e. The summed E-state index contributed by atoms with van der Waals surface area (Å²) in [5, 5.41) is 3.23. The van der Waals surface area contributed by atoms with Crippen molar-refractivity contribution < 1.29 is 4.79 Å². The van der Waals surface area contributed by atoms with Crippen molar-refractivity contribution >= 4 is 5.91 Å². The third-order valence-electron chi connectivity index (χ3n) is 3.18. The van der Waals surface area contributed by atoms with E-state index in [1.165, 1.54) is 0 Å². The number of nitrogens with zero attached hydrogens (tertiary/aromatic N) is 1. The molecule has 1 aliphatic rings. The summed E-state index contributed by atoms with van der Waals surface area (Å²) in [6.07, 6.45) is 3.00. The molecule has 16 heavy (non-hydrogen) atoms. The molecule has 4 nitrogen and oxygen atoms in total. The smallest absolute Gasteiger partial charge is 0.239 e. The Morgan fingerprint density at radius 3 is 2.81 bits per heavy atom. The number of hydrogen-bond acceptors (Lipinski definition) is 3. The lowest BCUT2D eigenvalue weighted by atomic mass is 10.0. The Hall–Kier alpha value is -0.610. The fourth-order valence-corrected chi connectivity index (χ4v) is 2.26. The van der Waals surface area contributed by atoms with Crippen LogP contribution in [0.15, 0.2) is 0 Å². The average molecular weight is 227 g/mol. The number of nitrogens with two attached hydrogens (primary N) is 1. The molecule has 1 amide bonds. The normalized spacial score (nSPS) is 23.6. The van der Waals surface area contributed by atoms with Crippen molar-refractivity contribution in [2.75, 3.05) is 20.1 Å². The lowest BCUT2D eigenvalue weighted by Gasteiger charge is -2.34. The molecule has 0 aliphatic carbocycles. The predicted octanol–water partition coefficient (Wildman–Crippen LogP) is 0.570. The summed E-state index contributed by atoms with van der Waals surface area (Å²) in [5.41, 5.74) is 5.92. The molecule has 1 heterocycles. The molecule has 1 saturated heterocycles. The first-order valence-electron chi connectivity index (χ1n) is 6.26. The first-order chi connectivity index (χ1) is 7.54. The highest BCUT2D eigenvalue weighted by atomic mass is 16.2. The molecular weight excluding hydrogens is 202 g/mol. The van der Waals surface area contributed by atoms with Gasteiger partial charge in [0.1, 0.15) is 0 Å². The zero-order chi connectivity index (χ0) is 12.1. The lowest BCUT2D eigenvalue weighted by Crippen LogP contribution is -2.52. The predicted molar refractivity (Wildman–Crippen MR) is 66.1 cm³/mol. The molecule has 0 radical (unpaired) electrons. The zero-order valence-electron chi connectivity index (χ0n) is 10.7. The summed E-state index contributed by atoms with van der Waals surface area (Å²) in [5.74, 6) is 0.595. The summed E-state index contributed by atoms with van der Waals surface area (Å²) in [7, 11) is 1.95. The van der Waals surface area contributed by atoms with E-state index in [9.17, 15) is 4.79 Å². The summed E-state index contributed by atoms with van der Waals surface area (Å²) in [6, 6.07) is 0.111. The maximum Gasteiger partial charge on any atom is 0.239 e. The van der Waals surface area contributed by atoms with E-state index in [1.807, 2.05) is 11.9 Å². The molecule has 3 N–H and O–H groups in total. The quantitative estimate of drug-likeness (QED) is 0.738. The fraction of sp³-hybridized carbons (Fsp3) is 0.917. The maximum atomic E-state index is 12.1. The zero-order valence-corrected chi connectivity index (χ0v) is 10.7. The summed E-state index contributed by atoms with van der Waals surface area (Å²) in [4.78, 5) is 14.0. The number of rotatable bonds is 4. The standard InChI is InChI=1S/C12H25N3O/c1-9(2)7-11(13)12(16)15-6-4-5-10(8-15)14-3/h9-11,14H,4-8,13H2,1-3H3/t10?,11-/m0/s1. The van der Waals surface area contributed by atoms with Gasteiger partial charge in [-0.1, -0.05) is 13.8 Å². The van der Waals surface area contributed by atoms with Crippen molar-refractivity contribution in [2.45, 2.75) is 45.2 Å². The molecule has 0 aromatic carbocycles. The third kappa shape index (κ3) is 3.76. The van der Waals surface area contributed by atoms with E-state index >= 15 is 0 Å². The highest BCUT2D eigenvalue weighted by molar-refractivity contribution is 5.81. The maximum absolute atomic E-state index is 12.1. The molecular formula is C12H25N3O. The van der Waals surface area contributed by atoms with Crippen molar-refractivity contribution in [3.63, 3.8) is 0 Å². The van der Waals surface area contributed by atoms with Crippen LogP contribution in [-0.2, 0) is 4.79 Å². The molecule has 0 bridgehead atoms. The summed E-state index contributed by atoms with van der Waals surface area (Å²) in [6.45, 7) is 5.86. The average Bonchev–Trinajstić information content (AvgIpc) is 2.27. The van der Waals surface area contributed by atoms with Crippen LogP contribution in [0.1, 0.15) is 33.1 Å². The number of piperidine rings is 1. The van der Waals surface area contributed by atoms with E-state index < -0.39 is 0 Å². The van der Waals surface area contributed by atoms with Gasteiger partial charge >= 0.3 is 0 Å². The Morgan fingerprint density at radius 2 is 2.25 bits per heavy atom. The molecule has 2 atom stereocenters. The first kappa shape index (κ1) is 13.5. The molecule has 0 aromatic rings. The van der Waals surface area contributed by atoms with Gasteiger partial charge in [0.2, 0.25) is 5.91 Å². The second-order valence-electron chi connectivity index (χ2n) is 5.15. The Balaban J connectivity index is 2.46. The first-order valence-corrected chi connectivity index (χ1v) is 6.26. The number of carbonyl (C=O) groups is 1. The van der Waals surface area contributed by atoms with Gasteiger partial charge in [0, 0.05) is 19.1 Å². The fourth-order valence-electron chi connectivity index (χ4n) is 2.26. The number of amides is 1. The molecule has 4 heteroatoms. The Bertz CT molecular complexity index is 230. The molecule has 0 aromatic heterocycles. The van der Waals surface area contributed by atoms with Crippen LogP contribution in [-0.4, -0.2) is 43.0 Å². The minimum absolute atomic E-state index is 0.119. The molecule has 1 rings (SSSR count). The van der Waals surface area contributed by atoms with Crippen molar-refractivity contribution in [3.05, 3.63) is 0 Å². The topological polar surface area (TPSA) is 58.4 Å². The summed E-state index contributed by atoms with van der Waals surface area (Å²) >= 11 is 0. The number of likely N-dealkylation sites (tertiary alicyclic amines) is 1. The number of carbonyl (C=O) groups excluding carboxylic acids is 1. The second-order valence-corrected chi connectivity index (χ2v) is 5.15. The molecule has 1 fully saturated rings. The van der Waals surface area contributed by atoms with E-state index in [0.29, 0.717) is 12.0 Å². The molecule has 1 unspecified atom stereocenters. The van der Waals surface area contributed by atoms with E-state index in [2.05, 4.69) is 19.2 Å². The highest BCUT2D eigenvalue weighted by Crippen LogP contribution is 2.13. The van der Waals surface area contributed by atoms with Gasteiger partial charge in [-0.05, 0) is 32.2 Å². The lowest BCUT2D eigenvalue weighted by molar-refractivity contribution is -0.134. The second kappa shape index (κ2) is 6.21. The minimum atomic E-state index is -0.324. The van der Waals surface area contributed by atoms with Crippen molar-refractivity contribution in [1.29, 1.82) is 0 Å². The van der Waals surface area contributed by atoms with Crippen LogP contribution in [0.3, 0.4) is 0 Å². The van der Waals surface area contributed by atoms with Crippen LogP contribution in [0.25, 0.3) is 0 Å². The highest BCUT2D eigenvalue weighted by Gasteiger charge is 2.26. The van der Waals surface area contributed by atoms with E-state index in [0.717, 1.165) is 32.4 Å². The molecule has 0 spiro atoms. The van der Waals surface area contributed by atoms with Gasteiger partial charge < -0.3 is 16.0 Å². The molecule has 1 aliphatic heterocycles. The van der Waals surface area contributed by atoms with Crippen molar-refractivity contribution in [2.24, 2.45) is 11.7 Å². The molecule has 94 valence electrons. The van der Waals surface area contributed by atoms with Crippen LogP contribution in [0.5, 0.6) is 0 Å². The Morgan fingerprint density at radius 1 is 1.56 bits per heavy atom. The van der Waals surface area contributed by atoms with Gasteiger partial charge in [-0.3, -0.25) is 4.79 Å². The van der Waals surface area contributed by atoms with Crippen LogP contribution < -0.4 is 11.1 Å². The number of nitrogens with one attached hydrogen (secondary N) is 1. The van der Waals surface area contributed by atoms with E-state index in [1.54, 1.807) is 0 Å². The largest absolute Gasteiger partial charge is 0.340 e. The van der Waals surface area contributed by atoms with Gasteiger partial charge in [0.15, 0.2) is 0 Å². The Labute approximate surface area is 98.6 Å².